The first kappa shape index (κ1) is 9.79. The van der Waals surface area contributed by atoms with Crippen molar-refractivity contribution in [2.45, 2.75) is 25.7 Å². The molecule has 0 aromatic carbocycles. The number of carbonyl (C=O) groups excluding carboxylic acids is 2. The standard InChI is InChI=1S/C10H12O3/c1-2-7-13-10(12)8-3-5-9(11)6-4-8/h1,8H,3-7H2. The summed E-state index contributed by atoms with van der Waals surface area (Å²) in [5, 5.41) is 0. The van der Waals surface area contributed by atoms with Crippen molar-refractivity contribution in [2.75, 3.05) is 6.61 Å². The molecule has 0 heterocycles. The Hall–Kier alpha value is -1.30. The molecule has 3 nitrogen and oxygen atoms in total. The van der Waals surface area contributed by atoms with E-state index in [1.165, 1.54) is 0 Å². The average molecular weight is 180 g/mol. The molecule has 1 saturated carbocycles. The molecule has 1 rings (SSSR count). The third-order valence-corrected chi connectivity index (χ3v) is 2.17. The van der Waals surface area contributed by atoms with Crippen LogP contribution in [0, 0.1) is 18.3 Å². The largest absolute Gasteiger partial charge is 0.452 e. The Labute approximate surface area is 77.5 Å². The molecular weight excluding hydrogens is 168 g/mol. The molecule has 0 atom stereocenters. The van der Waals surface area contributed by atoms with Crippen LogP contribution in [0.2, 0.25) is 0 Å². The summed E-state index contributed by atoms with van der Waals surface area (Å²) in [6.07, 6.45) is 7.17. The Bertz CT molecular complexity index is 239. The minimum absolute atomic E-state index is 0.0310. The number of rotatable bonds is 2. The maximum atomic E-state index is 11.2. The Morgan fingerprint density at radius 1 is 1.54 bits per heavy atom. The Morgan fingerprint density at radius 3 is 2.69 bits per heavy atom. The quantitative estimate of drug-likeness (QED) is 0.469. The van der Waals surface area contributed by atoms with Crippen LogP contribution in [0.1, 0.15) is 25.7 Å². The van der Waals surface area contributed by atoms with E-state index >= 15 is 0 Å². The first-order valence-corrected chi connectivity index (χ1v) is 4.36. The van der Waals surface area contributed by atoms with E-state index in [9.17, 15) is 9.59 Å². The SMILES string of the molecule is C#CCOC(=O)C1CCC(=O)CC1. The highest BCUT2D eigenvalue weighted by Crippen LogP contribution is 2.22. The Kier molecular flexibility index (Phi) is 3.51. The molecule has 70 valence electrons. The fourth-order valence-corrected chi connectivity index (χ4v) is 1.41. The first-order chi connectivity index (χ1) is 6.24. The predicted molar refractivity (Wildman–Crippen MR) is 46.8 cm³/mol. The van der Waals surface area contributed by atoms with Crippen molar-refractivity contribution in [2.24, 2.45) is 5.92 Å². The molecular formula is C10H12O3. The minimum atomic E-state index is -0.259. The molecule has 0 N–H and O–H groups in total. The lowest BCUT2D eigenvalue weighted by Crippen LogP contribution is -2.23. The van der Waals surface area contributed by atoms with Gasteiger partial charge in [-0.25, -0.2) is 0 Å². The van der Waals surface area contributed by atoms with E-state index in [4.69, 9.17) is 11.2 Å². The number of carbonyl (C=O) groups is 2. The first-order valence-electron chi connectivity index (χ1n) is 4.36. The topological polar surface area (TPSA) is 43.4 Å². The van der Waals surface area contributed by atoms with Gasteiger partial charge in [-0.1, -0.05) is 5.92 Å². The summed E-state index contributed by atoms with van der Waals surface area (Å²) >= 11 is 0. The zero-order chi connectivity index (χ0) is 9.68. The third kappa shape index (κ3) is 2.90. The summed E-state index contributed by atoms with van der Waals surface area (Å²) < 4.78 is 4.78. The van der Waals surface area contributed by atoms with E-state index < -0.39 is 0 Å². The molecule has 0 aromatic heterocycles. The van der Waals surface area contributed by atoms with Crippen LogP contribution in [0.5, 0.6) is 0 Å². The molecule has 13 heavy (non-hydrogen) atoms. The maximum Gasteiger partial charge on any atom is 0.309 e. The summed E-state index contributed by atoms with van der Waals surface area (Å²) in [6.45, 7) is 0.0310. The van der Waals surface area contributed by atoms with Gasteiger partial charge in [-0.05, 0) is 12.8 Å². The van der Waals surface area contributed by atoms with Crippen LogP contribution in [0.4, 0.5) is 0 Å². The van der Waals surface area contributed by atoms with E-state index in [1.807, 2.05) is 0 Å². The average Bonchev–Trinajstić information content (AvgIpc) is 2.15. The van der Waals surface area contributed by atoms with Gasteiger partial charge in [-0.3, -0.25) is 9.59 Å². The van der Waals surface area contributed by atoms with Gasteiger partial charge in [0.05, 0.1) is 5.92 Å². The van der Waals surface area contributed by atoms with Crippen LogP contribution in [0.15, 0.2) is 0 Å². The van der Waals surface area contributed by atoms with E-state index in [1.54, 1.807) is 0 Å². The number of terminal acetylenes is 1. The molecule has 0 spiro atoms. The normalized spacial score (nSPS) is 17.9. The molecule has 0 unspecified atom stereocenters. The summed E-state index contributed by atoms with van der Waals surface area (Å²) in [5.74, 6) is 2.10. The molecule has 3 heteroatoms. The van der Waals surface area contributed by atoms with Crippen molar-refractivity contribution < 1.29 is 14.3 Å². The van der Waals surface area contributed by atoms with Crippen molar-refractivity contribution in [3.05, 3.63) is 0 Å². The van der Waals surface area contributed by atoms with Gasteiger partial charge in [0.1, 0.15) is 5.78 Å². The van der Waals surface area contributed by atoms with Crippen LogP contribution >= 0.6 is 0 Å². The second-order valence-corrected chi connectivity index (χ2v) is 3.12. The van der Waals surface area contributed by atoms with Crippen LogP contribution in [-0.4, -0.2) is 18.4 Å². The zero-order valence-electron chi connectivity index (χ0n) is 7.41. The van der Waals surface area contributed by atoms with Gasteiger partial charge in [0.2, 0.25) is 0 Å². The van der Waals surface area contributed by atoms with E-state index in [2.05, 4.69) is 5.92 Å². The van der Waals surface area contributed by atoms with Gasteiger partial charge < -0.3 is 4.74 Å². The van der Waals surface area contributed by atoms with Crippen LogP contribution < -0.4 is 0 Å². The fraction of sp³-hybridized carbons (Fsp3) is 0.600. The van der Waals surface area contributed by atoms with Crippen molar-refractivity contribution in [3.63, 3.8) is 0 Å². The molecule has 0 bridgehead atoms. The summed E-state index contributed by atoms with van der Waals surface area (Å²) in [4.78, 5) is 22.1. The Balaban J connectivity index is 2.32. The lowest BCUT2D eigenvalue weighted by atomic mass is 9.88. The van der Waals surface area contributed by atoms with Crippen LogP contribution in [-0.2, 0) is 14.3 Å². The Morgan fingerprint density at radius 2 is 2.15 bits per heavy atom. The molecule has 0 amide bonds. The lowest BCUT2D eigenvalue weighted by molar-refractivity contribution is -0.148. The van der Waals surface area contributed by atoms with E-state index in [0.717, 1.165) is 0 Å². The van der Waals surface area contributed by atoms with Crippen molar-refractivity contribution in [1.82, 2.24) is 0 Å². The maximum absolute atomic E-state index is 11.2. The number of esters is 1. The molecule has 0 saturated heterocycles. The number of Topliss-reactive ketones (excluding diaryl/α,β-unsaturated/α-hetero) is 1. The zero-order valence-corrected chi connectivity index (χ0v) is 7.41. The molecule has 0 aromatic rings. The summed E-state index contributed by atoms with van der Waals surface area (Å²) in [6, 6.07) is 0. The van der Waals surface area contributed by atoms with Gasteiger partial charge in [-0.15, -0.1) is 6.42 Å². The highest BCUT2D eigenvalue weighted by atomic mass is 16.5. The minimum Gasteiger partial charge on any atom is -0.452 e. The fourth-order valence-electron chi connectivity index (χ4n) is 1.41. The highest BCUT2D eigenvalue weighted by Gasteiger charge is 2.25. The van der Waals surface area contributed by atoms with Crippen molar-refractivity contribution in [1.29, 1.82) is 0 Å². The van der Waals surface area contributed by atoms with Crippen LogP contribution in [0.25, 0.3) is 0 Å². The summed E-state index contributed by atoms with van der Waals surface area (Å²) in [7, 11) is 0. The van der Waals surface area contributed by atoms with Crippen molar-refractivity contribution >= 4 is 11.8 Å². The molecule has 1 fully saturated rings. The van der Waals surface area contributed by atoms with Crippen molar-refractivity contribution in [3.8, 4) is 12.3 Å². The van der Waals surface area contributed by atoms with Gasteiger partial charge in [-0.2, -0.15) is 0 Å². The number of hydrogen-bond acceptors (Lipinski definition) is 3. The number of hydrogen-bond donors (Lipinski definition) is 0. The second kappa shape index (κ2) is 4.66. The van der Waals surface area contributed by atoms with Crippen LogP contribution in [0.3, 0.4) is 0 Å². The molecule has 1 aliphatic carbocycles. The number of ether oxygens (including phenoxy) is 1. The third-order valence-electron chi connectivity index (χ3n) is 2.17. The predicted octanol–water partition coefficient (Wildman–Crippen LogP) is 0.922. The second-order valence-electron chi connectivity index (χ2n) is 3.12. The van der Waals surface area contributed by atoms with Gasteiger partial charge in [0.15, 0.2) is 6.61 Å². The van der Waals surface area contributed by atoms with Gasteiger partial charge in [0, 0.05) is 12.8 Å². The van der Waals surface area contributed by atoms with E-state index in [-0.39, 0.29) is 24.3 Å². The molecule has 0 radical (unpaired) electrons. The van der Waals surface area contributed by atoms with E-state index in [0.29, 0.717) is 25.7 Å². The monoisotopic (exact) mass is 180 g/mol. The van der Waals surface area contributed by atoms with Gasteiger partial charge >= 0.3 is 5.97 Å². The van der Waals surface area contributed by atoms with Gasteiger partial charge in [0.25, 0.3) is 0 Å². The molecule has 1 aliphatic rings. The summed E-state index contributed by atoms with van der Waals surface area (Å²) in [5.41, 5.74) is 0. The molecule has 0 aliphatic heterocycles. The lowest BCUT2D eigenvalue weighted by Gasteiger charge is -2.18. The smallest absolute Gasteiger partial charge is 0.309 e. The number of ketones is 1. The highest BCUT2D eigenvalue weighted by molar-refractivity contribution is 5.82.